The molecule has 1 aromatic carbocycles. The normalized spacial score (nSPS) is 12.9. The zero-order valence-corrected chi connectivity index (χ0v) is 13.4. The molecule has 0 aliphatic heterocycles. The maximum atomic E-state index is 13.3. The molecular weight excluding hydrogens is 337 g/mol. The molecule has 2 rings (SSSR count). The number of hydrogen-bond donors (Lipinski definition) is 0. The first-order valence-corrected chi connectivity index (χ1v) is 7.23. The fourth-order valence-electron chi connectivity index (χ4n) is 2.23. The Kier molecular flexibility index (Phi) is 5.07. The summed E-state index contributed by atoms with van der Waals surface area (Å²) < 4.78 is 40.2. The molecule has 1 heterocycles. The van der Waals surface area contributed by atoms with Gasteiger partial charge in [-0.05, 0) is 18.1 Å². The number of halogens is 4. The first-order valence-electron chi connectivity index (χ1n) is 6.00. The lowest BCUT2D eigenvalue weighted by molar-refractivity contribution is -0.0868. The monoisotopic (exact) mass is 352 g/mol. The molecule has 2 aromatic rings. The molecule has 0 saturated carbocycles. The average Bonchev–Trinajstić information content (AvgIpc) is 2.67. The van der Waals surface area contributed by atoms with Crippen LogP contribution in [0.15, 0.2) is 24.3 Å². The molecule has 0 radical (unpaired) electrons. The predicted molar refractivity (Wildman–Crippen MR) is 71.2 cm³/mol. The Bertz CT molecular complexity index is 570. The third-order valence-electron chi connectivity index (χ3n) is 3.08. The molecule has 5 heteroatoms. The van der Waals surface area contributed by atoms with Crippen LogP contribution in [0.1, 0.15) is 37.1 Å². The molecule has 0 bridgehead atoms. The lowest BCUT2D eigenvalue weighted by Crippen LogP contribution is -3.00. The van der Waals surface area contributed by atoms with Gasteiger partial charge in [-0.15, -0.1) is 13.2 Å². The summed E-state index contributed by atoms with van der Waals surface area (Å²) in [7, 11) is -1.74. The molecule has 0 aliphatic rings. The van der Waals surface area contributed by atoms with Crippen molar-refractivity contribution in [1.29, 1.82) is 0 Å². The third-order valence-corrected chi connectivity index (χ3v) is 5.40. The fourth-order valence-corrected chi connectivity index (χ4v) is 4.33. The number of fused-ring (bicyclic) bond motifs is 1. The Hall–Kier alpha value is -0.550. The standard InChI is InChI=1S/C14H16F3S.BrH/c1-4-10-6-5-7-12-11(10)8-13(9(2)3)18(12)14(15,16)17;/h5-9H,4H2,1-3H3;1H/q+1;/p-1. The molecule has 0 saturated heterocycles. The van der Waals surface area contributed by atoms with E-state index in [0.717, 1.165) is 17.4 Å². The Morgan fingerprint density at radius 1 is 1.21 bits per heavy atom. The van der Waals surface area contributed by atoms with Crippen molar-refractivity contribution in [3.8, 4) is 0 Å². The minimum atomic E-state index is -4.17. The largest absolute Gasteiger partial charge is 1.00 e. The van der Waals surface area contributed by atoms with E-state index >= 15 is 0 Å². The van der Waals surface area contributed by atoms with Crippen LogP contribution < -0.4 is 17.0 Å². The van der Waals surface area contributed by atoms with Gasteiger partial charge < -0.3 is 17.0 Å². The van der Waals surface area contributed by atoms with Gasteiger partial charge >= 0.3 is 5.51 Å². The molecule has 19 heavy (non-hydrogen) atoms. The van der Waals surface area contributed by atoms with Crippen molar-refractivity contribution >= 4 is 20.6 Å². The zero-order chi connectivity index (χ0) is 13.5. The SMILES string of the molecule is CCc1cccc2c1cc(C(C)C)[s+]2C(F)(F)F.[Br-]. The maximum Gasteiger partial charge on any atom is 0.600 e. The Labute approximate surface area is 124 Å². The first-order chi connectivity index (χ1) is 8.36. The van der Waals surface area contributed by atoms with E-state index in [1.165, 1.54) is 0 Å². The Morgan fingerprint density at radius 2 is 1.84 bits per heavy atom. The maximum absolute atomic E-state index is 13.3. The second kappa shape index (κ2) is 5.83. The summed E-state index contributed by atoms with van der Waals surface area (Å²) >= 11 is 0. The van der Waals surface area contributed by atoms with E-state index < -0.39 is 16.0 Å². The van der Waals surface area contributed by atoms with Crippen molar-refractivity contribution in [2.75, 3.05) is 0 Å². The van der Waals surface area contributed by atoms with Crippen LogP contribution in [-0.2, 0) is 11.9 Å². The van der Waals surface area contributed by atoms with Crippen LogP contribution in [0.5, 0.6) is 0 Å². The molecule has 106 valence electrons. The lowest BCUT2D eigenvalue weighted by atomic mass is 10.1. The van der Waals surface area contributed by atoms with Gasteiger partial charge in [-0.3, -0.25) is 0 Å². The molecule has 0 N–H and O–H groups in total. The molecule has 0 amide bonds. The molecule has 0 nitrogen and oxygen atoms in total. The van der Waals surface area contributed by atoms with Gasteiger partial charge in [0.1, 0.15) is 0 Å². The van der Waals surface area contributed by atoms with Gasteiger partial charge in [0, 0.05) is 17.4 Å². The molecule has 0 spiro atoms. The lowest BCUT2D eigenvalue weighted by Gasteiger charge is -2.02. The van der Waals surface area contributed by atoms with Crippen LogP contribution in [0.4, 0.5) is 13.2 Å². The van der Waals surface area contributed by atoms with Crippen molar-refractivity contribution in [2.24, 2.45) is 0 Å². The average molecular weight is 353 g/mol. The van der Waals surface area contributed by atoms with Crippen molar-refractivity contribution in [1.82, 2.24) is 0 Å². The number of thiophene rings is 1. The Balaban J connectivity index is 0.00000180. The van der Waals surface area contributed by atoms with Gasteiger partial charge in [0.2, 0.25) is 0 Å². The summed E-state index contributed by atoms with van der Waals surface area (Å²) in [6.07, 6.45) is 0.764. The van der Waals surface area contributed by atoms with Crippen LogP contribution in [0.3, 0.4) is 0 Å². The van der Waals surface area contributed by atoms with Gasteiger partial charge in [0.25, 0.3) is 0 Å². The quantitative estimate of drug-likeness (QED) is 0.729. The number of alkyl halides is 3. The number of hydrogen-bond acceptors (Lipinski definition) is 0. The van der Waals surface area contributed by atoms with Crippen LogP contribution in [0.25, 0.3) is 10.1 Å². The summed E-state index contributed by atoms with van der Waals surface area (Å²) in [6, 6.07) is 7.03. The van der Waals surface area contributed by atoms with Crippen LogP contribution >= 0.6 is 10.5 Å². The minimum Gasteiger partial charge on any atom is -1.00 e. The predicted octanol–water partition coefficient (Wildman–Crippen LogP) is 2.76. The van der Waals surface area contributed by atoms with Gasteiger partial charge in [-0.1, -0.05) is 32.9 Å². The van der Waals surface area contributed by atoms with E-state index in [4.69, 9.17) is 0 Å². The molecular formula is C14H16BrF3S. The summed E-state index contributed by atoms with van der Waals surface area (Å²) in [4.78, 5) is 0.512. The topological polar surface area (TPSA) is 0 Å². The number of rotatable bonds is 2. The summed E-state index contributed by atoms with van der Waals surface area (Å²) in [5.41, 5.74) is -3.17. The van der Waals surface area contributed by atoms with E-state index in [1.807, 2.05) is 26.8 Å². The van der Waals surface area contributed by atoms with E-state index in [-0.39, 0.29) is 22.9 Å². The Morgan fingerprint density at radius 3 is 2.32 bits per heavy atom. The highest BCUT2D eigenvalue weighted by atomic mass is 79.9. The highest BCUT2D eigenvalue weighted by Crippen LogP contribution is 2.53. The van der Waals surface area contributed by atoms with E-state index in [1.54, 1.807) is 18.2 Å². The third kappa shape index (κ3) is 2.97. The summed E-state index contributed by atoms with van der Waals surface area (Å²) in [5.74, 6) is -0.0768. The van der Waals surface area contributed by atoms with Crippen molar-refractivity contribution in [3.63, 3.8) is 0 Å². The van der Waals surface area contributed by atoms with Crippen LogP contribution in [0.2, 0.25) is 0 Å². The van der Waals surface area contributed by atoms with Crippen molar-refractivity contribution in [3.05, 3.63) is 34.7 Å². The second-order valence-electron chi connectivity index (χ2n) is 4.64. The molecule has 1 unspecified atom stereocenters. The van der Waals surface area contributed by atoms with Gasteiger partial charge in [0.05, 0.1) is 10.5 Å². The van der Waals surface area contributed by atoms with E-state index in [9.17, 15) is 13.2 Å². The summed E-state index contributed by atoms with van der Waals surface area (Å²) in [6.45, 7) is 5.63. The number of benzene rings is 1. The zero-order valence-electron chi connectivity index (χ0n) is 11.0. The highest BCUT2D eigenvalue weighted by Gasteiger charge is 2.48. The van der Waals surface area contributed by atoms with Crippen molar-refractivity contribution in [2.45, 2.75) is 38.6 Å². The van der Waals surface area contributed by atoms with Crippen molar-refractivity contribution < 1.29 is 30.2 Å². The first kappa shape index (κ1) is 16.5. The second-order valence-corrected chi connectivity index (χ2v) is 6.62. The fraction of sp³-hybridized carbons (Fsp3) is 0.429. The number of aryl methyl sites for hydroxylation is 1. The molecule has 0 fully saturated rings. The minimum absolute atomic E-state index is 0. The van der Waals surface area contributed by atoms with Gasteiger partial charge in [0.15, 0.2) is 9.58 Å². The van der Waals surface area contributed by atoms with E-state index in [0.29, 0.717) is 9.58 Å². The van der Waals surface area contributed by atoms with Gasteiger partial charge in [-0.2, -0.15) is 0 Å². The molecule has 0 aliphatic carbocycles. The van der Waals surface area contributed by atoms with Crippen LogP contribution in [0, 0.1) is 0 Å². The van der Waals surface area contributed by atoms with E-state index in [2.05, 4.69) is 0 Å². The van der Waals surface area contributed by atoms with Crippen LogP contribution in [-0.4, -0.2) is 0 Å². The van der Waals surface area contributed by atoms with Gasteiger partial charge in [-0.25, -0.2) is 0 Å². The smallest absolute Gasteiger partial charge is 0.600 e. The highest BCUT2D eigenvalue weighted by molar-refractivity contribution is 7.38. The molecule has 1 aromatic heterocycles. The summed E-state index contributed by atoms with van der Waals surface area (Å²) in [5, 5.41) is 0.796. The molecule has 1 atom stereocenters.